The van der Waals surface area contributed by atoms with E-state index in [9.17, 15) is 38.5 Å². The van der Waals surface area contributed by atoms with Crippen LogP contribution in [0.3, 0.4) is 0 Å². The molecule has 2 aromatic carbocycles. The summed E-state index contributed by atoms with van der Waals surface area (Å²) >= 11 is 3.36. The number of nitrogens with zero attached hydrogens (tertiary/aromatic N) is 5. The molecule has 11 nitrogen and oxygen atoms in total. The molecule has 228 valence electrons. The molecule has 2 aliphatic rings. The van der Waals surface area contributed by atoms with E-state index in [0.717, 1.165) is 16.8 Å². The zero-order valence-electron chi connectivity index (χ0n) is 22.6. The van der Waals surface area contributed by atoms with Crippen LogP contribution in [0, 0.1) is 28.8 Å². The molecule has 2 heterocycles. The number of benzene rings is 2. The molecule has 3 aromatic rings. The molecule has 43 heavy (non-hydrogen) atoms. The lowest BCUT2D eigenvalue weighted by Crippen LogP contribution is -2.62. The summed E-state index contributed by atoms with van der Waals surface area (Å²) in [7, 11) is 1.28. The van der Waals surface area contributed by atoms with E-state index in [0.29, 0.717) is 29.4 Å². The zero-order valence-corrected chi connectivity index (χ0v) is 24.2. The number of rotatable bonds is 7. The van der Waals surface area contributed by atoms with E-state index in [2.05, 4.69) is 26.2 Å². The Kier molecular flexibility index (Phi) is 9.16. The number of nitriles is 1. The number of amides is 1. The van der Waals surface area contributed by atoms with Crippen LogP contribution in [0.25, 0.3) is 11.3 Å². The highest BCUT2D eigenvalue weighted by Crippen LogP contribution is 2.37. The average molecular weight is 666 g/mol. The maximum atomic E-state index is 14.4. The van der Waals surface area contributed by atoms with Gasteiger partial charge >= 0.3 is 0 Å². The molecule has 0 unspecified atom stereocenters. The SMILES string of the molecule is CO[C@@H]1[C@@H](n2cc(-c3cc(F)c(F)c(F)c3)nn2)[C@@H](O)[C@@H](CO)O[C@H]1C(=O)N(c1cc(Br)cc(C#N)c1)[C@@H]1CCC[C@H]1O. The number of hydrogen-bond acceptors (Lipinski definition) is 9. The third kappa shape index (κ3) is 5.91. The van der Waals surface area contributed by atoms with Gasteiger partial charge in [0.1, 0.15) is 30.0 Å². The van der Waals surface area contributed by atoms with Gasteiger partial charge in [-0.25, -0.2) is 17.9 Å². The molecular weight excluding hydrogens is 639 g/mol. The minimum Gasteiger partial charge on any atom is -0.394 e. The van der Waals surface area contributed by atoms with Crippen LogP contribution in [-0.4, -0.2) is 86.5 Å². The van der Waals surface area contributed by atoms with Gasteiger partial charge in [0.2, 0.25) is 0 Å². The molecule has 1 aliphatic carbocycles. The Balaban J connectivity index is 1.55. The molecule has 5 rings (SSSR count). The van der Waals surface area contributed by atoms with Crippen molar-refractivity contribution in [3.63, 3.8) is 0 Å². The van der Waals surface area contributed by atoms with Gasteiger partial charge in [-0.1, -0.05) is 21.1 Å². The Labute approximate surface area is 252 Å². The number of aliphatic hydroxyl groups excluding tert-OH is 3. The first-order valence-electron chi connectivity index (χ1n) is 13.3. The van der Waals surface area contributed by atoms with E-state index in [4.69, 9.17) is 9.47 Å². The number of carbonyl (C=O) groups excluding carboxylic acids is 1. The van der Waals surface area contributed by atoms with Crippen LogP contribution < -0.4 is 4.90 Å². The number of ether oxygens (including phenoxy) is 2. The van der Waals surface area contributed by atoms with Crippen molar-refractivity contribution >= 4 is 27.5 Å². The smallest absolute Gasteiger partial charge is 0.259 e. The highest BCUT2D eigenvalue weighted by atomic mass is 79.9. The van der Waals surface area contributed by atoms with Crippen LogP contribution in [0.15, 0.2) is 41.0 Å². The van der Waals surface area contributed by atoms with E-state index < -0.39 is 72.6 Å². The second-order valence-corrected chi connectivity index (χ2v) is 11.3. The van der Waals surface area contributed by atoms with E-state index >= 15 is 0 Å². The van der Waals surface area contributed by atoms with Crippen molar-refractivity contribution in [3.05, 3.63) is 64.0 Å². The second kappa shape index (κ2) is 12.7. The highest BCUT2D eigenvalue weighted by Gasteiger charge is 2.52. The first kappa shape index (κ1) is 31.0. The maximum absolute atomic E-state index is 14.4. The molecule has 1 saturated carbocycles. The van der Waals surface area contributed by atoms with Gasteiger partial charge in [0.25, 0.3) is 5.91 Å². The Morgan fingerprint density at radius 3 is 2.53 bits per heavy atom. The number of aromatic nitrogens is 3. The van der Waals surface area contributed by atoms with Crippen LogP contribution in [0.2, 0.25) is 0 Å². The van der Waals surface area contributed by atoms with Gasteiger partial charge in [-0.15, -0.1) is 5.10 Å². The van der Waals surface area contributed by atoms with Crippen molar-refractivity contribution in [2.75, 3.05) is 18.6 Å². The summed E-state index contributed by atoms with van der Waals surface area (Å²) in [6, 6.07) is 6.33. The van der Waals surface area contributed by atoms with Crippen molar-refractivity contribution in [1.29, 1.82) is 5.26 Å². The molecule has 3 N–H and O–H groups in total. The number of methoxy groups -OCH3 is 1. The molecule has 2 fully saturated rings. The van der Waals surface area contributed by atoms with Crippen molar-refractivity contribution in [1.82, 2.24) is 15.0 Å². The van der Waals surface area contributed by atoms with Crippen molar-refractivity contribution in [2.45, 2.75) is 61.9 Å². The highest BCUT2D eigenvalue weighted by molar-refractivity contribution is 9.10. The van der Waals surface area contributed by atoms with E-state index in [1.165, 1.54) is 24.3 Å². The second-order valence-electron chi connectivity index (χ2n) is 10.4. The molecule has 1 aliphatic heterocycles. The Morgan fingerprint density at radius 1 is 1.21 bits per heavy atom. The van der Waals surface area contributed by atoms with Crippen molar-refractivity contribution in [3.8, 4) is 17.3 Å². The molecule has 15 heteroatoms. The minimum absolute atomic E-state index is 0.0661. The summed E-state index contributed by atoms with van der Waals surface area (Å²) in [6.45, 7) is -0.699. The number of aliphatic hydroxyl groups is 3. The number of halogens is 4. The number of carbonyl (C=O) groups is 1. The van der Waals surface area contributed by atoms with Gasteiger partial charge in [-0.2, -0.15) is 5.26 Å². The average Bonchev–Trinajstić information content (AvgIpc) is 3.64. The lowest BCUT2D eigenvalue weighted by atomic mass is 9.91. The fourth-order valence-corrected chi connectivity index (χ4v) is 6.22. The summed E-state index contributed by atoms with van der Waals surface area (Å²) in [5, 5.41) is 49.5. The fourth-order valence-electron chi connectivity index (χ4n) is 5.74. The van der Waals surface area contributed by atoms with Gasteiger partial charge in [0, 0.05) is 22.8 Å². The minimum atomic E-state index is -1.65. The molecule has 1 saturated heterocycles. The Bertz CT molecular complexity index is 1530. The lowest BCUT2D eigenvalue weighted by molar-refractivity contribution is -0.211. The predicted molar refractivity (Wildman–Crippen MR) is 147 cm³/mol. The monoisotopic (exact) mass is 665 g/mol. The summed E-state index contributed by atoms with van der Waals surface area (Å²) in [5.41, 5.74) is 0.373. The topological polar surface area (TPSA) is 154 Å². The quantitative estimate of drug-likeness (QED) is 0.323. The Hall–Kier alpha value is -3.39. The van der Waals surface area contributed by atoms with E-state index in [1.807, 2.05) is 6.07 Å². The van der Waals surface area contributed by atoms with Crippen LogP contribution in [-0.2, 0) is 14.3 Å². The first-order valence-corrected chi connectivity index (χ1v) is 14.1. The van der Waals surface area contributed by atoms with Gasteiger partial charge in [0.05, 0.1) is 36.6 Å². The summed E-state index contributed by atoms with van der Waals surface area (Å²) in [5.74, 6) is -5.18. The largest absolute Gasteiger partial charge is 0.394 e. The third-order valence-corrected chi connectivity index (χ3v) is 8.24. The van der Waals surface area contributed by atoms with Crippen LogP contribution >= 0.6 is 15.9 Å². The summed E-state index contributed by atoms with van der Waals surface area (Å²) in [6.07, 6.45) is -3.59. The zero-order chi connectivity index (χ0) is 31.0. The number of hydrogen-bond donors (Lipinski definition) is 3. The molecule has 1 aromatic heterocycles. The van der Waals surface area contributed by atoms with Gasteiger partial charge in [-0.05, 0) is 49.6 Å². The predicted octanol–water partition coefficient (Wildman–Crippen LogP) is 2.62. The standard InChI is InChI=1S/C28H27BrF3N5O6/c1-42-26-24(36-11-19(34-35-36)14-7-17(30)23(32)18(31)8-14)25(40)22(12-38)43-27(26)28(41)37(20-3-2-4-21(20)39)16-6-13(10-33)5-15(29)9-16/h5-9,11,20-22,24-27,38-40H,2-4,12H2,1H3/t20-,21-,22-,24+,25+,26-,27-/m1/s1. The van der Waals surface area contributed by atoms with Gasteiger partial charge < -0.3 is 29.7 Å². The van der Waals surface area contributed by atoms with Crippen molar-refractivity contribution in [2.24, 2.45) is 0 Å². The lowest BCUT2D eigenvalue weighted by Gasteiger charge is -2.45. The molecule has 0 spiro atoms. The van der Waals surface area contributed by atoms with E-state index in [-0.39, 0.29) is 16.8 Å². The van der Waals surface area contributed by atoms with Crippen LogP contribution in [0.1, 0.15) is 30.9 Å². The van der Waals surface area contributed by atoms with Crippen LogP contribution in [0.4, 0.5) is 18.9 Å². The Morgan fingerprint density at radius 2 is 1.93 bits per heavy atom. The first-order chi connectivity index (χ1) is 20.6. The summed E-state index contributed by atoms with van der Waals surface area (Å²) in [4.78, 5) is 15.7. The normalized spacial score (nSPS) is 27.2. The third-order valence-electron chi connectivity index (χ3n) is 7.78. The number of anilines is 1. The van der Waals surface area contributed by atoms with E-state index in [1.54, 1.807) is 12.1 Å². The molecule has 0 radical (unpaired) electrons. The summed E-state index contributed by atoms with van der Waals surface area (Å²) < 4.78 is 54.5. The fraction of sp³-hybridized carbons (Fsp3) is 0.429. The van der Waals surface area contributed by atoms with Crippen LogP contribution in [0.5, 0.6) is 0 Å². The van der Waals surface area contributed by atoms with Crippen molar-refractivity contribution < 1.29 is 42.8 Å². The molecule has 0 bridgehead atoms. The maximum Gasteiger partial charge on any atom is 0.259 e. The molecular formula is C28H27BrF3N5O6. The van der Waals surface area contributed by atoms with Gasteiger partial charge in [0.15, 0.2) is 23.6 Å². The molecule has 1 amide bonds. The molecule has 7 atom stereocenters. The van der Waals surface area contributed by atoms with Gasteiger partial charge in [-0.3, -0.25) is 4.79 Å².